The van der Waals surface area contributed by atoms with Gasteiger partial charge in [0.2, 0.25) is 5.91 Å². The summed E-state index contributed by atoms with van der Waals surface area (Å²) in [4.78, 5) is 39.5. The van der Waals surface area contributed by atoms with Crippen LogP contribution < -0.4 is 10.2 Å². The number of amides is 2. The van der Waals surface area contributed by atoms with Crippen molar-refractivity contribution in [1.82, 2.24) is 4.57 Å². The van der Waals surface area contributed by atoms with Crippen LogP contribution >= 0.6 is 0 Å². The van der Waals surface area contributed by atoms with Gasteiger partial charge in [0.05, 0.1) is 16.9 Å². The molecule has 1 aliphatic heterocycles. The monoisotopic (exact) mass is 431 g/mol. The number of carbonyl (C=O) groups is 3. The second kappa shape index (κ2) is 8.70. The first kappa shape index (κ1) is 21.4. The molecule has 0 aliphatic carbocycles. The average molecular weight is 431 g/mol. The van der Waals surface area contributed by atoms with Gasteiger partial charge in [0.1, 0.15) is 0 Å². The first-order valence-corrected chi connectivity index (χ1v) is 10.5. The predicted octanol–water partition coefficient (Wildman–Crippen LogP) is 4.01. The largest absolute Gasteiger partial charge is 0.452 e. The number of aromatic nitrogens is 1. The Morgan fingerprint density at radius 3 is 2.50 bits per heavy atom. The van der Waals surface area contributed by atoms with Crippen LogP contribution in [-0.2, 0) is 14.3 Å². The lowest BCUT2D eigenvalue weighted by molar-refractivity contribution is -0.122. The summed E-state index contributed by atoms with van der Waals surface area (Å²) in [6.07, 6.45) is 0.159. The number of aryl methyl sites for hydroxylation is 1. The molecular formula is C25H25N3O4. The summed E-state index contributed by atoms with van der Waals surface area (Å²) < 4.78 is 7.39. The van der Waals surface area contributed by atoms with Crippen molar-refractivity contribution in [1.29, 1.82) is 0 Å². The van der Waals surface area contributed by atoms with E-state index in [1.54, 1.807) is 37.3 Å². The quantitative estimate of drug-likeness (QED) is 0.633. The first-order valence-electron chi connectivity index (χ1n) is 10.5. The maximum absolute atomic E-state index is 13.0. The van der Waals surface area contributed by atoms with E-state index in [1.165, 1.54) is 4.90 Å². The highest BCUT2D eigenvalue weighted by molar-refractivity contribution is 6.05. The maximum atomic E-state index is 13.0. The molecule has 0 bridgehead atoms. The van der Waals surface area contributed by atoms with E-state index in [0.717, 1.165) is 17.1 Å². The number of carbonyl (C=O) groups excluding carboxylic acids is 3. The molecule has 2 aromatic carbocycles. The molecule has 4 rings (SSSR count). The summed E-state index contributed by atoms with van der Waals surface area (Å²) in [6, 6.07) is 18.2. The molecule has 0 unspecified atom stereocenters. The Morgan fingerprint density at radius 2 is 1.75 bits per heavy atom. The number of rotatable bonds is 4. The number of esters is 1. The normalized spacial score (nSPS) is 15.5. The first-order chi connectivity index (χ1) is 15.4. The van der Waals surface area contributed by atoms with Crippen molar-refractivity contribution in [2.75, 3.05) is 16.8 Å². The fourth-order valence-corrected chi connectivity index (χ4v) is 4.19. The number of hydrogen-bond donors (Lipinski definition) is 1. The summed E-state index contributed by atoms with van der Waals surface area (Å²) in [6.45, 7) is 5.15. The number of anilines is 2. The molecule has 7 nitrogen and oxygen atoms in total. The van der Waals surface area contributed by atoms with E-state index in [1.807, 2.05) is 48.7 Å². The molecular weight excluding hydrogens is 406 g/mol. The fourth-order valence-electron chi connectivity index (χ4n) is 4.19. The fraction of sp³-hybridized carbons (Fsp3) is 0.240. The van der Waals surface area contributed by atoms with Crippen molar-refractivity contribution in [3.63, 3.8) is 0 Å². The Bertz CT molecular complexity index is 1180. The summed E-state index contributed by atoms with van der Waals surface area (Å²) >= 11 is 0. The molecule has 164 valence electrons. The van der Waals surface area contributed by atoms with Gasteiger partial charge in [-0.1, -0.05) is 30.3 Å². The van der Waals surface area contributed by atoms with Crippen molar-refractivity contribution in [2.45, 2.75) is 33.2 Å². The van der Waals surface area contributed by atoms with Crippen molar-refractivity contribution in [3.05, 3.63) is 77.6 Å². The highest BCUT2D eigenvalue weighted by Gasteiger charge is 2.30. The third-order valence-corrected chi connectivity index (χ3v) is 5.62. The molecule has 0 fully saturated rings. The Kier molecular flexibility index (Phi) is 5.81. The Balaban J connectivity index is 1.53. The van der Waals surface area contributed by atoms with Gasteiger partial charge in [-0.25, -0.2) is 4.79 Å². The molecule has 0 spiro atoms. The number of nitrogens with one attached hydrogen (secondary N) is 1. The zero-order valence-corrected chi connectivity index (χ0v) is 18.3. The van der Waals surface area contributed by atoms with Gasteiger partial charge in [0.15, 0.2) is 6.61 Å². The molecule has 1 atom stereocenters. The minimum absolute atomic E-state index is 0.159. The van der Waals surface area contributed by atoms with Crippen LogP contribution in [-0.4, -0.2) is 35.0 Å². The smallest absolute Gasteiger partial charge is 0.340 e. The van der Waals surface area contributed by atoms with Gasteiger partial charge in [-0.2, -0.15) is 0 Å². The second-order valence-corrected chi connectivity index (χ2v) is 7.91. The predicted molar refractivity (Wildman–Crippen MR) is 122 cm³/mol. The SMILES string of the molecule is Cc1cc(C(=O)OCC(=O)N2c3ccccc3NC(=O)C[C@@H]2C)c(C)n1-c1ccccc1. The summed E-state index contributed by atoms with van der Waals surface area (Å²) in [5.74, 6) is -1.10. The minimum atomic E-state index is -0.557. The van der Waals surface area contributed by atoms with E-state index < -0.39 is 12.6 Å². The standard InChI is InChI=1S/C25H25N3O4/c1-16-13-20(18(3)27(16)19-9-5-4-6-10-19)25(31)32-15-24(30)28-17(2)14-23(29)26-21-11-7-8-12-22(21)28/h4-13,17H,14-15H2,1-3H3,(H,26,29)/t17-/m0/s1. The summed E-state index contributed by atoms with van der Waals surface area (Å²) in [5, 5.41) is 2.82. The van der Waals surface area contributed by atoms with E-state index in [0.29, 0.717) is 16.9 Å². The van der Waals surface area contributed by atoms with Gasteiger partial charge in [-0.15, -0.1) is 0 Å². The van der Waals surface area contributed by atoms with Crippen molar-refractivity contribution in [3.8, 4) is 5.69 Å². The van der Waals surface area contributed by atoms with Crippen LogP contribution in [0.15, 0.2) is 60.7 Å². The molecule has 2 heterocycles. The van der Waals surface area contributed by atoms with Crippen LogP contribution in [0.3, 0.4) is 0 Å². The van der Waals surface area contributed by atoms with Crippen molar-refractivity contribution in [2.24, 2.45) is 0 Å². The summed E-state index contributed by atoms with van der Waals surface area (Å²) in [7, 11) is 0. The van der Waals surface area contributed by atoms with Gasteiger partial charge in [-0.3, -0.25) is 9.59 Å². The number of ether oxygens (including phenoxy) is 1. The number of benzene rings is 2. The lowest BCUT2D eigenvalue weighted by Gasteiger charge is -2.27. The van der Waals surface area contributed by atoms with Gasteiger partial charge < -0.3 is 19.5 Å². The summed E-state index contributed by atoms with van der Waals surface area (Å²) in [5.41, 5.74) is 4.16. The third-order valence-electron chi connectivity index (χ3n) is 5.62. The van der Waals surface area contributed by atoms with E-state index >= 15 is 0 Å². The number of nitrogens with zero attached hydrogens (tertiary/aromatic N) is 2. The molecule has 0 saturated carbocycles. The molecule has 32 heavy (non-hydrogen) atoms. The molecule has 7 heteroatoms. The van der Waals surface area contributed by atoms with Gasteiger partial charge in [-0.05, 0) is 51.1 Å². The molecule has 1 N–H and O–H groups in total. The Morgan fingerprint density at radius 1 is 1.06 bits per heavy atom. The van der Waals surface area contributed by atoms with Crippen LogP contribution in [0.5, 0.6) is 0 Å². The zero-order valence-electron chi connectivity index (χ0n) is 18.3. The van der Waals surface area contributed by atoms with Gasteiger partial charge in [0.25, 0.3) is 5.91 Å². The molecule has 1 aliphatic rings. The zero-order chi connectivity index (χ0) is 22.8. The van der Waals surface area contributed by atoms with E-state index in [2.05, 4.69) is 5.32 Å². The van der Waals surface area contributed by atoms with Gasteiger partial charge in [0, 0.05) is 29.5 Å². The Hall–Kier alpha value is -3.87. The van der Waals surface area contributed by atoms with E-state index in [9.17, 15) is 14.4 Å². The van der Waals surface area contributed by atoms with Crippen LogP contribution in [0.4, 0.5) is 11.4 Å². The topological polar surface area (TPSA) is 80.6 Å². The van der Waals surface area contributed by atoms with E-state index in [-0.39, 0.29) is 24.3 Å². The van der Waals surface area contributed by atoms with Gasteiger partial charge >= 0.3 is 5.97 Å². The number of para-hydroxylation sites is 3. The molecule has 1 aromatic heterocycles. The molecule has 0 saturated heterocycles. The number of fused-ring (bicyclic) bond motifs is 1. The highest BCUT2D eigenvalue weighted by Crippen LogP contribution is 2.31. The highest BCUT2D eigenvalue weighted by atomic mass is 16.5. The maximum Gasteiger partial charge on any atom is 0.340 e. The number of hydrogen-bond acceptors (Lipinski definition) is 4. The third kappa shape index (κ3) is 4.01. The average Bonchev–Trinajstić information content (AvgIpc) is 3.00. The molecule has 3 aromatic rings. The molecule has 2 amide bonds. The van der Waals surface area contributed by atoms with Crippen LogP contribution in [0.1, 0.15) is 35.1 Å². The van der Waals surface area contributed by atoms with Crippen LogP contribution in [0.25, 0.3) is 5.69 Å². The Labute approximate surface area is 186 Å². The van der Waals surface area contributed by atoms with E-state index in [4.69, 9.17) is 4.74 Å². The lowest BCUT2D eigenvalue weighted by atomic mass is 10.1. The van der Waals surface area contributed by atoms with Crippen molar-refractivity contribution >= 4 is 29.2 Å². The minimum Gasteiger partial charge on any atom is -0.452 e. The lowest BCUT2D eigenvalue weighted by Crippen LogP contribution is -2.41. The molecule has 0 radical (unpaired) electrons. The van der Waals surface area contributed by atoms with Crippen LogP contribution in [0.2, 0.25) is 0 Å². The second-order valence-electron chi connectivity index (χ2n) is 7.91. The van der Waals surface area contributed by atoms with Crippen LogP contribution in [0, 0.1) is 13.8 Å². The van der Waals surface area contributed by atoms with Crippen molar-refractivity contribution < 1.29 is 19.1 Å².